The Labute approximate surface area is 109 Å². The highest BCUT2D eigenvalue weighted by Gasteiger charge is 2.08. The molecular weight excluding hydrogens is 248 g/mol. The molecule has 0 spiro atoms. The number of hydrazone groups is 1. The molecule has 19 heavy (non-hydrogen) atoms. The molecule has 8 nitrogen and oxygen atoms in total. The molecular formula is C11H12N6O2. The number of benzene rings is 1. The first-order chi connectivity index (χ1) is 8.99. The van der Waals surface area contributed by atoms with Crippen molar-refractivity contribution < 1.29 is 9.53 Å². The Kier molecular flexibility index (Phi) is 4.43. The summed E-state index contributed by atoms with van der Waals surface area (Å²) in [6.45, 7) is 0. The number of methoxy groups -OCH3 is 1. The quantitative estimate of drug-likeness (QED) is 0.334. The van der Waals surface area contributed by atoms with Crippen LogP contribution in [0, 0.1) is 16.7 Å². The fourth-order valence-electron chi connectivity index (χ4n) is 1.21. The van der Waals surface area contributed by atoms with Crippen LogP contribution in [-0.2, 0) is 0 Å². The van der Waals surface area contributed by atoms with Gasteiger partial charge in [0.1, 0.15) is 11.8 Å². The van der Waals surface area contributed by atoms with Gasteiger partial charge in [0.15, 0.2) is 5.84 Å². The average molecular weight is 260 g/mol. The molecule has 0 aromatic heterocycles. The van der Waals surface area contributed by atoms with Crippen LogP contribution >= 0.6 is 0 Å². The van der Waals surface area contributed by atoms with Crippen molar-refractivity contribution in [3.8, 4) is 11.8 Å². The van der Waals surface area contributed by atoms with Crippen LogP contribution in [0.25, 0.3) is 0 Å². The smallest absolute Gasteiger partial charge is 0.248 e. The summed E-state index contributed by atoms with van der Waals surface area (Å²) < 4.78 is 5.05. The van der Waals surface area contributed by atoms with Crippen LogP contribution in [0.15, 0.2) is 23.3 Å². The van der Waals surface area contributed by atoms with Crippen LogP contribution in [0.1, 0.15) is 10.4 Å². The van der Waals surface area contributed by atoms with Crippen molar-refractivity contribution in [2.75, 3.05) is 12.5 Å². The number of nitrogens with one attached hydrogen (secondary N) is 2. The van der Waals surface area contributed by atoms with E-state index in [1.165, 1.54) is 25.3 Å². The normalized spacial score (nSPS) is 10.4. The molecule has 0 aliphatic carbocycles. The number of nitriles is 1. The van der Waals surface area contributed by atoms with E-state index in [-0.39, 0.29) is 11.3 Å². The number of amides is 1. The Morgan fingerprint density at radius 3 is 2.68 bits per heavy atom. The van der Waals surface area contributed by atoms with Gasteiger partial charge < -0.3 is 16.2 Å². The number of ether oxygens (including phenoxy) is 1. The number of rotatable bonds is 5. The van der Waals surface area contributed by atoms with Crippen molar-refractivity contribution in [2.45, 2.75) is 0 Å². The molecule has 0 fully saturated rings. The van der Waals surface area contributed by atoms with Crippen LogP contribution in [-0.4, -0.2) is 24.6 Å². The first kappa shape index (κ1) is 14.0. The van der Waals surface area contributed by atoms with E-state index >= 15 is 0 Å². The lowest BCUT2D eigenvalue weighted by Gasteiger charge is -2.09. The highest BCUT2D eigenvalue weighted by Crippen LogP contribution is 2.25. The van der Waals surface area contributed by atoms with E-state index in [0.717, 1.165) is 0 Å². The summed E-state index contributed by atoms with van der Waals surface area (Å²) in [5.74, 6) is -0.684. The zero-order valence-corrected chi connectivity index (χ0v) is 10.1. The molecule has 98 valence electrons. The molecule has 0 bridgehead atoms. The molecule has 0 heterocycles. The van der Waals surface area contributed by atoms with Crippen LogP contribution in [0.5, 0.6) is 5.75 Å². The maximum absolute atomic E-state index is 11.1. The van der Waals surface area contributed by atoms with Gasteiger partial charge in [0.2, 0.25) is 11.6 Å². The summed E-state index contributed by atoms with van der Waals surface area (Å²) in [7, 11) is 1.43. The Morgan fingerprint density at radius 1 is 1.53 bits per heavy atom. The number of carbonyl (C=O) groups is 1. The van der Waals surface area contributed by atoms with Crippen LogP contribution < -0.4 is 21.6 Å². The van der Waals surface area contributed by atoms with E-state index in [9.17, 15) is 4.79 Å². The molecule has 0 saturated heterocycles. The van der Waals surface area contributed by atoms with Crippen molar-refractivity contribution in [1.82, 2.24) is 0 Å². The van der Waals surface area contributed by atoms with Crippen molar-refractivity contribution in [3.05, 3.63) is 23.8 Å². The van der Waals surface area contributed by atoms with Gasteiger partial charge in [0.25, 0.3) is 0 Å². The highest BCUT2D eigenvalue weighted by atomic mass is 16.5. The second-order valence-electron chi connectivity index (χ2n) is 3.38. The third-order valence-corrected chi connectivity index (χ3v) is 2.13. The molecule has 0 aliphatic rings. The molecule has 1 aromatic rings. The highest BCUT2D eigenvalue weighted by molar-refractivity contribution is 6.45. The third kappa shape index (κ3) is 3.44. The third-order valence-electron chi connectivity index (χ3n) is 2.13. The van der Waals surface area contributed by atoms with Gasteiger partial charge in [-0.25, -0.2) is 0 Å². The van der Waals surface area contributed by atoms with E-state index in [1.54, 1.807) is 6.07 Å². The van der Waals surface area contributed by atoms with Gasteiger partial charge in [0.05, 0.1) is 12.8 Å². The fourth-order valence-corrected chi connectivity index (χ4v) is 1.21. The van der Waals surface area contributed by atoms with Crippen LogP contribution in [0.2, 0.25) is 0 Å². The minimum atomic E-state index is -0.609. The lowest BCUT2D eigenvalue weighted by molar-refractivity contribution is 0.100. The Morgan fingerprint density at radius 2 is 2.21 bits per heavy atom. The summed E-state index contributed by atoms with van der Waals surface area (Å²) in [5, 5.41) is 19.4. The van der Waals surface area contributed by atoms with Gasteiger partial charge in [0, 0.05) is 5.56 Å². The van der Waals surface area contributed by atoms with E-state index in [0.29, 0.717) is 11.4 Å². The second-order valence-corrected chi connectivity index (χ2v) is 3.38. The number of amidine groups is 1. The standard InChI is InChI=1S/C11H12N6O2/c1-19-9-3-2-6(11(15)18)4-7(9)16-17-8(5-12)10(13)14/h2-4,16H,1H3,(H3,13,14)(H2,15,18)/b17-8+. The second kappa shape index (κ2) is 6.02. The van der Waals surface area contributed by atoms with Gasteiger partial charge in [-0.05, 0) is 18.2 Å². The first-order valence-electron chi connectivity index (χ1n) is 5.05. The number of primary amides is 1. The molecule has 0 aliphatic heterocycles. The molecule has 0 unspecified atom stereocenters. The number of anilines is 1. The number of hydrogen-bond acceptors (Lipinski definition) is 6. The van der Waals surface area contributed by atoms with E-state index in [4.69, 9.17) is 26.9 Å². The number of nitrogens with two attached hydrogens (primary N) is 2. The van der Waals surface area contributed by atoms with Crippen molar-refractivity contribution >= 4 is 23.1 Å². The Hall–Kier alpha value is -3.08. The molecule has 0 radical (unpaired) electrons. The van der Waals surface area contributed by atoms with Gasteiger partial charge in [-0.2, -0.15) is 10.4 Å². The molecule has 0 saturated carbocycles. The summed E-state index contributed by atoms with van der Waals surface area (Å²) >= 11 is 0. The van der Waals surface area contributed by atoms with Crippen molar-refractivity contribution in [3.63, 3.8) is 0 Å². The van der Waals surface area contributed by atoms with Gasteiger partial charge in [-0.1, -0.05) is 0 Å². The van der Waals surface area contributed by atoms with Gasteiger partial charge in [-0.15, -0.1) is 0 Å². The lowest BCUT2D eigenvalue weighted by Crippen LogP contribution is -2.22. The van der Waals surface area contributed by atoms with E-state index in [1.807, 2.05) is 0 Å². The first-order valence-corrected chi connectivity index (χ1v) is 5.05. The maximum Gasteiger partial charge on any atom is 0.248 e. The Bertz CT molecular complexity index is 587. The summed E-state index contributed by atoms with van der Waals surface area (Å²) in [4.78, 5) is 11.1. The minimum absolute atomic E-state index is 0.250. The van der Waals surface area contributed by atoms with Gasteiger partial charge >= 0.3 is 0 Å². The lowest BCUT2D eigenvalue weighted by atomic mass is 10.2. The van der Waals surface area contributed by atoms with Crippen molar-refractivity contribution in [2.24, 2.45) is 16.6 Å². The fraction of sp³-hybridized carbons (Fsp3) is 0.0909. The van der Waals surface area contributed by atoms with Crippen molar-refractivity contribution in [1.29, 1.82) is 10.7 Å². The molecule has 8 heteroatoms. The zero-order chi connectivity index (χ0) is 14.4. The monoisotopic (exact) mass is 260 g/mol. The topological polar surface area (TPSA) is 150 Å². The average Bonchev–Trinajstić information content (AvgIpc) is 2.38. The predicted octanol–water partition coefficient (Wildman–Crippen LogP) is 0.0216. The van der Waals surface area contributed by atoms with Gasteiger partial charge in [-0.3, -0.25) is 15.6 Å². The Balaban J connectivity index is 3.12. The summed E-state index contributed by atoms with van der Waals surface area (Å²) in [5.41, 5.74) is 13.1. The summed E-state index contributed by atoms with van der Waals surface area (Å²) in [6, 6.07) is 6.09. The van der Waals surface area contributed by atoms with Crippen LogP contribution in [0.3, 0.4) is 0 Å². The number of nitrogens with zero attached hydrogens (tertiary/aromatic N) is 2. The maximum atomic E-state index is 11.1. The number of hydrogen-bond donors (Lipinski definition) is 4. The van der Waals surface area contributed by atoms with E-state index < -0.39 is 11.7 Å². The largest absolute Gasteiger partial charge is 0.495 e. The van der Waals surface area contributed by atoms with E-state index in [2.05, 4.69) is 10.5 Å². The minimum Gasteiger partial charge on any atom is -0.495 e. The number of carbonyl (C=O) groups excluding carboxylic acids is 1. The molecule has 1 rings (SSSR count). The molecule has 0 atom stereocenters. The predicted molar refractivity (Wildman–Crippen MR) is 70.1 cm³/mol. The summed E-state index contributed by atoms with van der Waals surface area (Å²) in [6.07, 6.45) is 0. The molecule has 6 N–H and O–H groups in total. The van der Waals surface area contributed by atoms with Crippen LogP contribution in [0.4, 0.5) is 5.69 Å². The SMILES string of the molecule is COc1ccc(C(N)=O)cc1N/N=C(\C#N)C(=N)N. The molecule has 1 amide bonds. The molecule has 1 aromatic carbocycles. The zero-order valence-electron chi connectivity index (χ0n) is 10.1.